The van der Waals surface area contributed by atoms with Gasteiger partial charge in [-0.15, -0.1) is 0 Å². The van der Waals surface area contributed by atoms with Crippen LogP contribution in [0.15, 0.2) is 34.8 Å². The van der Waals surface area contributed by atoms with Gasteiger partial charge in [-0.1, -0.05) is 29.3 Å². The smallest absolute Gasteiger partial charge is 0.222 e. The average Bonchev–Trinajstić information content (AvgIpc) is 2.67. The van der Waals surface area contributed by atoms with Gasteiger partial charge in [0.15, 0.2) is 11.5 Å². The number of ether oxygens (including phenoxy) is 2. The Morgan fingerprint density at radius 1 is 1.17 bits per heavy atom. The van der Waals surface area contributed by atoms with Crippen LogP contribution in [-0.2, 0) is 6.61 Å². The van der Waals surface area contributed by atoms with Gasteiger partial charge >= 0.3 is 0 Å². The van der Waals surface area contributed by atoms with Crippen molar-refractivity contribution in [2.24, 2.45) is 0 Å². The van der Waals surface area contributed by atoms with Gasteiger partial charge < -0.3 is 20.9 Å². The van der Waals surface area contributed by atoms with E-state index in [0.717, 1.165) is 5.56 Å². The van der Waals surface area contributed by atoms with Gasteiger partial charge in [-0.25, -0.2) is 4.98 Å². The fraction of sp³-hybridized carbons (Fsp3) is 0.105. The van der Waals surface area contributed by atoms with Gasteiger partial charge in [0.25, 0.3) is 0 Å². The summed E-state index contributed by atoms with van der Waals surface area (Å²) in [5.41, 5.74) is 13.2. The van der Waals surface area contributed by atoms with Crippen molar-refractivity contribution in [2.75, 3.05) is 18.6 Å². The molecule has 29 heavy (non-hydrogen) atoms. The van der Waals surface area contributed by atoms with Crippen LogP contribution in [0.5, 0.6) is 11.5 Å². The highest BCUT2D eigenvalue weighted by Crippen LogP contribution is 2.41. The maximum absolute atomic E-state index is 9.42. The first kappa shape index (κ1) is 21.0. The number of benzene rings is 2. The quantitative estimate of drug-likeness (QED) is 0.520. The third kappa shape index (κ3) is 4.48. The molecule has 0 aliphatic carbocycles. The first-order valence-electron chi connectivity index (χ1n) is 8.11. The van der Waals surface area contributed by atoms with E-state index in [0.29, 0.717) is 37.3 Å². The van der Waals surface area contributed by atoms with Crippen molar-refractivity contribution in [1.29, 1.82) is 5.26 Å². The van der Waals surface area contributed by atoms with E-state index < -0.39 is 0 Å². The predicted molar refractivity (Wildman–Crippen MR) is 116 cm³/mol. The summed E-state index contributed by atoms with van der Waals surface area (Å²) >= 11 is 15.6. The zero-order chi connectivity index (χ0) is 21.1. The van der Waals surface area contributed by atoms with Gasteiger partial charge in [0, 0.05) is 21.2 Å². The lowest BCUT2D eigenvalue weighted by atomic mass is 10.1. The lowest BCUT2D eigenvalue weighted by Crippen LogP contribution is -2.05. The molecule has 148 valence electrons. The van der Waals surface area contributed by atoms with Crippen LogP contribution in [0.3, 0.4) is 0 Å². The van der Waals surface area contributed by atoms with Crippen molar-refractivity contribution < 1.29 is 9.47 Å². The van der Waals surface area contributed by atoms with Crippen molar-refractivity contribution >= 4 is 50.9 Å². The van der Waals surface area contributed by atoms with Crippen LogP contribution in [0.1, 0.15) is 11.1 Å². The molecule has 1 aromatic heterocycles. The highest BCUT2D eigenvalue weighted by molar-refractivity contribution is 9.10. The Kier molecular flexibility index (Phi) is 6.33. The molecule has 0 amide bonds. The summed E-state index contributed by atoms with van der Waals surface area (Å²) in [5.74, 6) is 0.835. The van der Waals surface area contributed by atoms with E-state index in [-0.39, 0.29) is 23.9 Å². The predicted octanol–water partition coefficient (Wildman–Crippen LogP) is 4.84. The Morgan fingerprint density at radius 3 is 2.59 bits per heavy atom. The van der Waals surface area contributed by atoms with Crippen LogP contribution in [-0.4, -0.2) is 17.1 Å². The molecule has 0 saturated heterocycles. The lowest BCUT2D eigenvalue weighted by Gasteiger charge is -2.15. The van der Waals surface area contributed by atoms with Crippen LogP contribution in [0.25, 0.3) is 11.3 Å². The van der Waals surface area contributed by atoms with Gasteiger partial charge in [0.2, 0.25) is 5.95 Å². The molecule has 3 rings (SSSR count). The number of nitrogens with zero attached hydrogens (tertiary/aromatic N) is 3. The van der Waals surface area contributed by atoms with E-state index in [2.05, 4.69) is 25.9 Å². The Morgan fingerprint density at radius 2 is 1.93 bits per heavy atom. The monoisotopic (exact) mass is 493 g/mol. The number of hydrogen-bond acceptors (Lipinski definition) is 7. The highest BCUT2D eigenvalue weighted by Gasteiger charge is 2.18. The number of nitrogen functional groups attached to an aromatic ring is 2. The van der Waals surface area contributed by atoms with Crippen LogP contribution >= 0.6 is 39.1 Å². The maximum Gasteiger partial charge on any atom is 0.222 e. The van der Waals surface area contributed by atoms with E-state index in [1.165, 1.54) is 7.11 Å². The minimum atomic E-state index is -0.0377. The Labute approximate surface area is 185 Å². The van der Waals surface area contributed by atoms with Crippen LogP contribution in [0.2, 0.25) is 10.0 Å². The van der Waals surface area contributed by atoms with Gasteiger partial charge in [-0.2, -0.15) is 10.2 Å². The maximum atomic E-state index is 9.42. The molecule has 0 saturated carbocycles. The molecule has 7 nitrogen and oxygen atoms in total. The zero-order valence-electron chi connectivity index (χ0n) is 15.0. The molecule has 1 heterocycles. The second-order valence-corrected chi connectivity index (χ2v) is 7.51. The number of methoxy groups -OCH3 is 1. The van der Waals surface area contributed by atoms with E-state index >= 15 is 0 Å². The van der Waals surface area contributed by atoms with Crippen LogP contribution < -0.4 is 20.9 Å². The molecule has 0 unspecified atom stereocenters. The van der Waals surface area contributed by atoms with Crippen LogP contribution in [0.4, 0.5) is 11.8 Å². The number of nitriles is 1. The normalized spacial score (nSPS) is 10.4. The second kappa shape index (κ2) is 8.74. The lowest BCUT2D eigenvalue weighted by molar-refractivity contribution is 0.283. The standard InChI is InChI=1S/C19H14BrCl2N5O2/c1-28-15-5-10(16-12(7-23)18(24)27-19(25)26-16)4-13(20)17(15)29-8-9-2-3-11(21)6-14(9)22/h2-6H,8H2,1H3,(H4,24,25,26,27). The molecule has 4 N–H and O–H groups in total. The van der Waals surface area contributed by atoms with Gasteiger partial charge in [0.1, 0.15) is 24.1 Å². The number of rotatable bonds is 5. The summed E-state index contributed by atoms with van der Waals surface area (Å²) in [6.07, 6.45) is 0. The summed E-state index contributed by atoms with van der Waals surface area (Å²) in [6.45, 7) is 0.196. The molecule has 10 heteroatoms. The fourth-order valence-corrected chi connectivity index (χ4v) is 3.62. The van der Waals surface area contributed by atoms with Crippen molar-refractivity contribution in [3.63, 3.8) is 0 Å². The summed E-state index contributed by atoms with van der Waals surface area (Å²) in [4.78, 5) is 7.97. The molecule has 2 aromatic carbocycles. The van der Waals surface area contributed by atoms with E-state index in [1.54, 1.807) is 30.3 Å². The summed E-state index contributed by atoms with van der Waals surface area (Å²) < 4.78 is 12.0. The molecule has 3 aromatic rings. The molecule has 0 spiro atoms. The molecular weight excluding hydrogens is 481 g/mol. The molecule has 0 fully saturated rings. The number of anilines is 2. The van der Waals surface area contributed by atoms with Crippen LogP contribution in [0, 0.1) is 11.3 Å². The highest BCUT2D eigenvalue weighted by atomic mass is 79.9. The molecule has 0 bridgehead atoms. The minimum absolute atomic E-state index is 0.00259. The molecule has 0 radical (unpaired) electrons. The summed E-state index contributed by atoms with van der Waals surface area (Å²) in [7, 11) is 1.50. The second-order valence-electron chi connectivity index (χ2n) is 5.82. The van der Waals surface area contributed by atoms with Crippen molar-refractivity contribution in [3.8, 4) is 28.8 Å². The largest absolute Gasteiger partial charge is 0.493 e. The SMILES string of the molecule is COc1cc(-c2nc(N)nc(N)c2C#N)cc(Br)c1OCc1ccc(Cl)cc1Cl. The van der Waals surface area contributed by atoms with Gasteiger partial charge in [0.05, 0.1) is 17.3 Å². The first-order valence-corrected chi connectivity index (χ1v) is 9.66. The van der Waals surface area contributed by atoms with E-state index in [1.807, 2.05) is 6.07 Å². The number of hydrogen-bond donors (Lipinski definition) is 2. The van der Waals surface area contributed by atoms with Crippen molar-refractivity contribution in [3.05, 3.63) is 56.0 Å². The average molecular weight is 495 g/mol. The molecule has 0 aliphatic heterocycles. The molecular formula is C19H14BrCl2N5O2. The third-order valence-electron chi connectivity index (χ3n) is 3.96. The molecule has 0 atom stereocenters. The van der Waals surface area contributed by atoms with E-state index in [9.17, 15) is 5.26 Å². The van der Waals surface area contributed by atoms with Gasteiger partial charge in [-0.05, 0) is 40.2 Å². The Hall–Kier alpha value is -2.73. The Balaban J connectivity index is 2.00. The number of aromatic nitrogens is 2. The summed E-state index contributed by atoms with van der Waals surface area (Å²) in [6, 6.07) is 10.6. The molecule has 0 aliphatic rings. The topological polar surface area (TPSA) is 120 Å². The Bertz CT molecular complexity index is 1130. The minimum Gasteiger partial charge on any atom is -0.493 e. The first-order chi connectivity index (χ1) is 13.8. The number of halogens is 3. The van der Waals surface area contributed by atoms with Gasteiger partial charge in [-0.3, -0.25) is 0 Å². The number of nitrogens with two attached hydrogens (primary N) is 2. The fourth-order valence-electron chi connectivity index (χ4n) is 2.60. The van der Waals surface area contributed by atoms with Crippen molar-refractivity contribution in [1.82, 2.24) is 9.97 Å². The van der Waals surface area contributed by atoms with E-state index in [4.69, 9.17) is 44.1 Å². The van der Waals surface area contributed by atoms with Crippen molar-refractivity contribution in [2.45, 2.75) is 6.61 Å². The zero-order valence-corrected chi connectivity index (χ0v) is 18.1. The third-order valence-corrected chi connectivity index (χ3v) is 5.13. The summed E-state index contributed by atoms with van der Waals surface area (Å²) in [5, 5.41) is 10.5.